The van der Waals surface area contributed by atoms with Crippen LogP contribution in [0.4, 0.5) is 0 Å². The minimum absolute atomic E-state index is 0.0971. The average molecular weight is 627 g/mol. The molecule has 1 aliphatic carbocycles. The summed E-state index contributed by atoms with van der Waals surface area (Å²) in [5, 5.41) is 17.4. The molecular weight excluding hydrogens is 589 g/mol. The summed E-state index contributed by atoms with van der Waals surface area (Å²) in [4.78, 5) is 34.4. The number of halogens is 2. The lowest BCUT2D eigenvalue weighted by atomic mass is 9.85. The van der Waals surface area contributed by atoms with Crippen molar-refractivity contribution in [1.29, 1.82) is 0 Å². The van der Waals surface area contributed by atoms with Crippen LogP contribution in [-0.2, 0) is 11.3 Å². The largest absolute Gasteiger partial charge is 0.345 e. The van der Waals surface area contributed by atoms with Crippen molar-refractivity contribution in [3.8, 4) is 0 Å². The van der Waals surface area contributed by atoms with E-state index in [1.54, 1.807) is 30.3 Å². The minimum atomic E-state index is -1.34. The topological polar surface area (TPSA) is 116 Å². The predicted molar refractivity (Wildman–Crippen MR) is 168 cm³/mol. The highest BCUT2D eigenvalue weighted by Gasteiger charge is 2.52. The van der Waals surface area contributed by atoms with E-state index in [9.17, 15) is 9.59 Å². The number of carbonyl (C=O) groups is 2. The van der Waals surface area contributed by atoms with Crippen LogP contribution < -0.4 is 5.32 Å². The Morgan fingerprint density at radius 2 is 1.79 bits per heavy atom. The molecular formula is C30H37Cl2N7O2Si. The first-order valence-corrected chi connectivity index (χ1v) is 18.8. The van der Waals surface area contributed by atoms with E-state index in [2.05, 4.69) is 52.5 Å². The Bertz CT molecular complexity index is 1440. The van der Waals surface area contributed by atoms with Gasteiger partial charge in [0.25, 0.3) is 11.8 Å². The number of amides is 2. The molecule has 2 aliphatic rings. The van der Waals surface area contributed by atoms with Gasteiger partial charge in [-0.2, -0.15) is 5.21 Å². The van der Waals surface area contributed by atoms with Crippen LogP contribution in [0.3, 0.4) is 0 Å². The van der Waals surface area contributed by atoms with Crippen LogP contribution in [-0.4, -0.2) is 56.8 Å². The van der Waals surface area contributed by atoms with Gasteiger partial charge in [0.1, 0.15) is 11.4 Å². The molecule has 9 nitrogen and oxygen atoms in total. The third kappa shape index (κ3) is 6.30. The molecule has 0 bridgehead atoms. The summed E-state index contributed by atoms with van der Waals surface area (Å²) >= 11 is 12.7. The summed E-state index contributed by atoms with van der Waals surface area (Å²) in [7, 11) is -1.34. The predicted octanol–water partition coefficient (Wildman–Crippen LogP) is 6.59. The number of aliphatic imine (C=N–C) groups is 1. The quantitative estimate of drug-likeness (QED) is 0.260. The molecule has 1 aliphatic heterocycles. The molecule has 222 valence electrons. The number of carbonyl (C=O) groups excluding carboxylic acids is 2. The van der Waals surface area contributed by atoms with E-state index in [-0.39, 0.29) is 24.4 Å². The van der Waals surface area contributed by atoms with Gasteiger partial charge in [0.05, 0.1) is 12.6 Å². The number of tetrazole rings is 1. The number of rotatable bonds is 9. The molecule has 1 spiro atoms. The van der Waals surface area contributed by atoms with Crippen molar-refractivity contribution < 1.29 is 9.59 Å². The first kappa shape index (κ1) is 30.4. The lowest BCUT2D eigenvalue weighted by Crippen LogP contribution is -2.51. The second-order valence-electron chi connectivity index (χ2n) is 12.4. The second kappa shape index (κ2) is 12.3. The zero-order valence-corrected chi connectivity index (χ0v) is 27.0. The third-order valence-electron chi connectivity index (χ3n) is 8.56. The van der Waals surface area contributed by atoms with Gasteiger partial charge in [-0.3, -0.25) is 14.6 Å². The number of nitrogens with zero attached hydrogens (tertiary/aromatic N) is 5. The van der Waals surface area contributed by atoms with Crippen LogP contribution in [0.15, 0.2) is 47.5 Å². The lowest BCUT2D eigenvalue weighted by Gasteiger charge is -2.47. The van der Waals surface area contributed by atoms with E-state index in [0.717, 1.165) is 44.1 Å². The van der Waals surface area contributed by atoms with Crippen LogP contribution in [0.2, 0.25) is 35.2 Å². The highest BCUT2D eigenvalue weighted by Crippen LogP contribution is 2.50. The van der Waals surface area contributed by atoms with Crippen molar-refractivity contribution in [2.45, 2.75) is 88.9 Å². The molecule has 2 aromatic carbocycles. The monoisotopic (exact) mass is 625 g/mol. The van der Waals surface area contributed by atoms with Gasteiger partial charge in [-0.1, -0.05) is 73.5 Å². The summed E-state index contributed by atoms with van der Waals surface area (Å²) in [6, 6.07) is 12.5. The number of benzene rings is 2. The molecule has 2 N–H and O–H groups in total. The Labute approximate surface area is 257 Å². The van der Waals surface area contributed by atoms with Crippen molar-refractivity contribution in [3.63, 3.8) is 0 Å². The highest BCUT2D eigenvalue weighted by molar-refractivity contribution is 6.77. The maximum Gasteiger partial charge on any atom is 0.275 e. The number of hydrogen-bond acceptors (Lipinski definition) is 6. The molecule has 12 heteroatoms. The zero-order chi connectivity index (χ0) is 30.1. The molecule has 1 atom stereocenters. The Morgan fingerprint density at radius 1 is 1.12 bits per heavy atom. The number of aromatic amines is 1. The Balaban J connectivity index is 1.47. The van der Waals surface area contributed by atoms with Crippen LogP contribution in [0.5, 0.6) is 0 Å². The van der Waals surface area contributed by atoms with Crippen molar-refractivity contribution in [3.05, 3.63) is 75.0 Å². The fourth-order valence-corrected chi connectivity index (χ4v) is 8.86. The maximum absolute atomic E-state index is 14.4. The van der Waals surface area contributed by atoms with Gasteiger partial charge in [0, 0.05) is 29.2 Å². The average Bonchev–Trinajstić information content (AvgIpc) is 3.56. The fraction of sp³-hybridized carbons (Fsp3) is 0.467. The Hall–Kier alpha value is -3.08. The van der Waals surface area contributed by atoms with E-state index < -0.39 is 13.7 Å². The minimum Gasteiger partial charge on any atom is -0.345 e. The number of aromatic nitrogens is 4. The Morgan fingerprint density at radius 3 is 2.36 bits per heavy atom. The van der Waals surface area contributed by atoms with Gasteiger partial charge >= 0.3 is 0 Å². The number of H-pyrrole nitrogens is 1. The van der Waals surface area contributed by atoms with Crippen molar-refractivity contribution in [1.82, 2.24) is 30.8 Å². The van der Waals surface area contributed by atoms with Gasteiger partial charge in [-0.05, 0) is 73.5 Å². The van der Waals surface area contributed by atoms with Crippen LogP contribution in [0.1, 0.15) is 78.8 Å². The fourth-order valence-electron chi connectivity index (χ4n) is 6.32. The Kier molecular flexibility index (Phi) is 8.87. The lowest BCUT2D eigenvalue weighted by molar-refractivity contribution is -0.132. The maximum atomic E-state index is 14.4. The van der Waals surface area contributed by atoms with E-state index in [1.165, 1.54) is 0 Å². The van der Waals surface area contributed by atoms with Gasteiger partial charge < -0.3 is 10.2 Å². The first-order chi connectivity index (χ1) is 20.0. The second-order valence-corrected chi connectivity index (χ2v) is 18.8. The summed E-state index contributed by atoms with van der Waals surface area (Å²) in [5.41, 5.74) is 2.63. The van der Waals surface area contributed by atoms with Crippen LogP contribution >= 0.6 is 23.2 Å². The van der Waals surface area contributed by atoms with Crippen molar-refractivity contribution in [2.75, 3.05) is 0 Å². The molecule has 0 saturated heterocycles. The molecule has 1 unspecified atom stereocenters. The van der Waals surface area contributed by atoms with Crippen molar-refractivity contribution >= 4 is 48.8 Å². The molecule has 1 aromatic heterocycles. The van der Waals surface area contributed by atoms with Gasteiger partial charge in [-0.15, -0.1) is 10.2 Å². The SMILES string of the molecule is CCCC(c1ccc(C(=O)NCc2nn[nH]n2)cc1)N1C(=O)C(c2cc(Cl)cc(Cl)c2)=NC12CCC([Si](C)(C)C)CC2. The molecule has 2 heterocycles. The first-order valence-electron chi connectivity index (χ1n) is 14.5. The molecule has 5 rings (SSSR count). The molecule has 1 fully saturated rings. The summed E-state index contributed by atoms with van der Waals surface area (Å²) in [5.74, 6) is 0.0712. The molecule has 1 saturated carbocycles. The van der Waals surface area contributed by atoms with E-state index in [1.807, 2.05) is 17.0 Å². The molecule has 2 amide bonds. The van der Waals surface area contributed by atoms with E-state index in [4.69, 9.17) is 28.2 Å². The number of nitrogens with one attached hydrogen (secondary N) is 2. The molecule has 3 aromatic rings. The molecule has 0 radical (unpaired) electrons. The highest BCUT2D eigenvalue weighted by atomic mass is 35.5. The third-order valence-corrected chi connectivity index (χ3v) is 12.0. The van der Waals surface area contributed by atoms with Crippen molar-refractivity contribution in [2.24, 2.45) is 4.99 Å². The van der Waals surface area contributed by atoms with Crippen LogP contribution in [0.25, 0.3) is 0 Å². The summed E-state index contributed by atoms with van der Waals surface area (Å²) in [6.45, 7) is 9.58. The van der Waals surface area contributed by atoms with E-state index in [0.29, 0.717) is 38.2 Å². The van der Waals surface area contributed by atoms with Crippen LogP contribution in [0, 0.1) is 0 Å². The standard InChI is InChI=1S/C30H37Cl2N7O2Si/c1-5-6-25(19-7-9-20(10-8-19)28(40)33-18-26-35-37-38-36-26)39-29(41)27(21-15-22(31)17-23(32)16-21)34-30(39)13-11-24(12-14-30)42(2,3)4/h7-10,15-17,24-25H,5-6,11-14,18H2,1-4H3,(H,33,40)(H,35,36,37,38). The van der Waals surface area contributed by atoms with Gasteiger partial charge in [0.2, 0.25) is 0 Å². The number of hydrogen-bond donors (Lipinski definition) is 2. The smallest absolute Gasteiger partial charge is 0.275 e. The normalized spacial score (nSPS) is 21.5. The van der Waals surface area contributed by atoms with Gasteiger partial charge in [0.15, 0.2) is 5.82 Å². The van der Waals surface area contributed by atoms with Gasteiger partial charge in [-0.25, -0.2) is 0 Å². The van der Waals surface area contributed by atoms with E-state index >= 15 is 0 Å². The zero-order valence-electron chi connectivity index (χ0n) is 24.5. The molecule has 42 heavy (non-hydrogen) atoms. The summed E-state index contributed by atoms with van der Waals surface area (Å²) in [6.07, 6.45) is 5.39. The summed E-state index contributed by atoms with van der Waals surface area (Å²) < 4.78 is 0.